The second-order valence-electron chi connectivity index (χ2n) is 4.35. The third-order valence-corrected chi connectivity index (χ3v) is 3.09. The van der Waals surface area contributed by atoms with Gasteiger partial charge in [-0.15, -0.1) is 0 Å². The van der Waals surface area contributed by atoms with Gasteiger partial charge in [-0.25, -0.2) is 0 Å². The molecule has 0 aromatic rings. The molecule has 1 aliphatic heterocycles. The van der Waals surface area contributed by atoms with Gasteiger partial charge in [-0.05, 0) is 19.3 Å². The van der Waals surface area contributed by atoms with Crippen LogP contribution in [0.2, 0.25) is 0 Å². The highest BCUT2D eigenvalue weighted by molar-refractivity contribution is 5.83. The van der Waals surface area contributed by atoms with Gasteiger partial charge in [-0.2, -0.15) is 0 Å². The molecule has 17 heavy (non-hydrogen) atoms. The van der Waals surface area contributed by atoms with Crippen molar-refractivity contribution in [3.63, 3.8) is 0 Å². The van der Waals surface area contributed by atoms with Crippen molar-refractivity contribution in [2.45, 2.75) is 44.2 Å². The highest BCUT2D eigenvalue weighted by Crippen LogP contribution is 2.23. The first-order valence-electron chi connectivity index (χ1n) is 5.93. The zero-order chi connectivity index (χ0) is 12.9. The Morgan fingerprint density at radius 2 is 2.29 bits per heavy atom. The number of nitrogens with two attached hydrogens (primary N) is 1. The molecule has 1 unspecified atom stereocenters. The second-order valence-corrected chi connectivity index (χ2v) is 4.35. The van der Waals surface area contributed by atoms with E-state index in [1.807, 2.05) is 6.92 Å². The molecule has 6 heteroatoms. The lowest BCUT2D eigenvalue weighted by Gasteiger charge is -2.23. The molecule has 1 fully saturated rings. The fourth-order valence-corrected chi connectivity index (χ4v) is 1.88. The number of aliphatic carboxylic acids is 1. The number of esters is 1. The number of carboxylic acids is 1. The molecule has 0 bridgehead atoms. The molecule has 1 aliphatic rings. The number of unbranched alkanes of at least 4 members (excludes halogenated alkanes) is 1. The predicted molar refractivity (Wildman–Crippen MR) is 61.4 cm³/mol. The Kier molecular flexibility index (Phi) is 4.89. The van der Waals surface area contributed by atoms with Gasteiger partial charge in [0, 0.05) is 6.54 Å². The highest BCUT2D eigenvalue weighted by Gasteiger charge is 2.46. The molecular weight excluding hydrogens is 224 g/mol. The van der Waals surface area contributed by atoms with Crippen LogP contribution in [0.3, 0.4) is 0 Å². The summed E-state index contributed by atoms with van der Waals surface area (Å²) in [5, 5.41) is 11.9. The average Bonchev–Trinajstić information content (AvgIpc) is 2.75. The summed E-state index contributed by atoms with van der Waals surface area (Å²) >= 11 is 0. The van der Waals surface area contributed by atoms with Crippen LogP contribution in [0.1, 0.15) is 32.6 Å². The Morgan fingerprint density at radius 3 is 2.76 bits per heavy atom. The monoisotopic (exact) mass is 244 g/mol. The summed E-state index contributed by atoms with van der Waals surface area (Å²) in [6.07, 6.45) is 2.58. The van der Waals surface area contributed by atoms with Crippen molar-refractivity contribution in [1.29, 1.82) is 0 Å². The van der Waals surface area contributed by atoms with Gasteiger partial charge >= 0.3 is 11.9 Å². The zero-order valence-electron chi connectivity index (χ0n) is 10.1. The SMILES string of the molecule is CCCCOC(=O)C1CC[C@](CN)(C(=O)O)N1. The van der Waals surface area contributed by atoms with Gasteiger partial charge in [0.1, 0.15) is 11.6 Å². The predicted octanol–water partition coefficient (Wildman–Crippen LogP) is -0.136. The molecule has 6 nitrogen and oxygen atoms in total. The maximum Gasteiger partial charge on any atom is 0.325 e. The van der Waals surface area contributed by atoms with E-state index in [2.05, 4.69) is 5.32 Å². The number of carbonyl (C=O) groups excluding carboxylic acids is 1. The number of carbonyl (C=O) groups is 2. The maximum absolute atomic E-state index is 11.6. The minimum absolute atomic E-state index is 0.0267. The van der Waals surface area contributed by atoms with Gasteiger partial charge in [-0.1, -0.05) is 13.3 Å². The molecule has 0 aromatic carbocycles. The van der Waals surface area contributed by atoms with Crippen LogP contribution >= 0.6 is 0 Å². The average molecular weight is 244 g/mol. The summed E-state index contributed by atoms with van der Waals surface area (Å²) in [4.78, 5) is 22.7. The number of hydrogen-bond donors (Lipinski definition) is 3. The maximum atomic E-state index is 11.6. The lowest BCUT2D eigenvalue weighted by molar-refractivity contribution is -0.147. The molecule has 1 rings (SSSR count). The molecule has 98 valence electrons. The number of nitrogens with one attached hydrogen (secondary N) is 1. The van der Waals surface area contributed by atoms with Gasteiger partial charge in [0.2, 0.25) is 0 Å². The summed E-state index contributed by atoms with van der Waals surface area (Å²) in [5.41, 5.74) is 4.29. The van der Waals surface area contributed by atoms with Crippen LogP contribution in [0, 0.1) is 0 Å². The molecule has 0 amide bonds. The Labute approximate surface area is 101 Å². The van der Waals surface area contributed by atoms with Crippen molar-refractivity contribution >= 4 is 11.9 Å². The van der Waals surface area contributed by atoms with Crippen molar-refractivity contribution in [1.82, 2.24) is 5.32 Å². The van der Waals surface area contributed by atoms with Crippen LogP contribution < -0.4 is 11.1 Å². The largest absolute Gasteiger partial charge is 0.480 e. The van der Waals surface area contributed by atoms with Gasteiger partial charge in [0.25, 0.3) is 0 Å². The fourth-order valence-electron chi connectivity index (χ4n) is 1.88. The van der Waals surface area contributed by atoms with Gasteiger partial charge in [-0.3, -0.25) is 14.9 Å². The molecule has 1 saturated heterocycles. The first-order chi connectivity index (χ1) is 8.05. The molecule has 0 aliphatic carbocycles. The van der Waals surface area contributed by atoms with Crippen molar-refractivity contribution in [2.24, 2.45) is 5.73 Å². The Bertz CT molecular complexity index is 295. The minimum Gasteiger partial charge on any atom is -0.480 e. The third kappa shape index (κ3) is 3.17. The van der Waals surface area contributed by atoms with Gasteiger partial charge < -0.3 is 15.6 Å². The van der Waals surface area contributed by atoms with E-state index in [4.69, 9.17) is 15.6 Å². The zero-order valence-corrected chi connectivity index (χ0v) is 10.1. The first-order valence-corrected chi connectivity index (χ1v) is 5.93. The topological polar surface area (TPSA) is 102 Å². The summed E-state index contributed by atoms with van der Waals surface area (Å²) in [6.45, 7) is 2.36. The van der Waals surface area contributed by atoms with Crippen LogP contribution in [0.4, 0.5) is 0 Å². The van der Waals surface area contributed by atoms with Crippen LogP contribution in [0.5, 0.6) is 0 Å². The Morgan fingerprint density at radius 1 is 1.59 bits per heavy atom. The van der Waals surface area contributed by atoms with E-state index >= 15 is 0 Å². The third-order valence-electron chi connectivity index (χ3n) is 3.09. The molecule has 0 saturated carbocycles. The van der Waals surface area contributed by atoms with E-state index in [9.17, 15) is 9.59 Å². The van der Waals surface area contributed by atoms with Crippen molar-refractivity contribution in [3.05, 3.63) is 0 Å². The number of carboxylic acid groups (broad SMARTS) is 1. The summed E-state index contributed by atoms with van der Waals surface area (Å²) in [5.74, 6) is -1.39. The fraction of sp³-hybridized carbons (Fsp3) is 0.818. The molecule has 0 spiro atoms. The van der Waals surface area contributed by atoms with E-state index in [0.717, 1.165) is 12.8 Å². The smallest absolute Gasteiger partial charge is 0.325 e. The van der Waals surface area contributed by atoms with Crippen molar-refractivity contribution in [3.8, 4) is 0 Å². The number of ether oxygens (including phenoxy) is 1. The lowest BCUT2D eigenvalue weighted by atomic mass is 9.98. The number of hydrogen-bond acceptors (Lipinski definition) is 5. The van der Waals surface area contributed by atoms with E-state index < -0.39 is 17.6 Å². The van der Waals surface area contributed by atoms with Crippen LogP contribution in [0.25, 0.3) is 0 Å². The van der Waals surface area contributed by atoms with E-state index in [1.54, 1.807) is 0 Å². The molecule has 0 aromatic heterocycles. The second kappa shape index (κ2) is 5.97. The van der Waals surface area contributed by atoms with Crippen molar-refractivity contribution in [2.75, 3.05) is 13.2 Å². The minimum atomic E-state index is -1.17. The van der Waals surface area contributed by atoms with Crippen LogP contribution in [-0.2, 0) is 14.3 Å². The Hall–Kier alpha value is -1.14. The standard InChI is InChI=1S/C11H20N2O4/c1-2-3-6-17-9(14)8-4-5-11(7-12,13-8)10(15)16/h8,13H,2-7,12H2,1H3,(H,15,16)/t8?,11-/m0/s1. The van der Waals surface area contributed by atoms with E-state index in [-0.39, 0.29) is 12.5 Å². The van der Waals surface area contributed by atoms with E-state index in [1.165, 1.54) is 0 Å². The van der Waals surface area contributed by atoms with Crippen molar-refractivity contribution < 1.29 is 19.4 Å². The number of rotatable bonds is 6. The highest BCUT2D eigenvalue weighted by atomic mass is 16.5. The normalized spacial score (nSPS) is 28.0. The molecule has 4 N–H and O–H groups in total. The van der Waals surface area contributed by atoms with Gasteiger partial charge in [0.05, 0.1) is 6.61 Å². The quantitative estimate of drug-likeness (QED) is 0.444. The molecular formula is C11H20N2O4. The van der Waals surface area contributed by atoms with Gasteiger partial charge in [0.15, 0.2) is 0 Å². The van der Waals surface area contributed by atoms with E-state index in [0.29, 0.717) is 19.4 Å². The van der Waals surface area contributed by atoms with Crippen LogP contribution in [-0.4, -0.2) is 41.8 Å². The Balaban J connectivity index is 2.49. The van der Waals surface area contributed by atoms with Crippen LogP contribution in [0.15, 0.2) is 0 Å². The molecule has 2 atom stereocenters. The molecule has 0 radical (unpaired) electrons. The first kappa shape index (κ1) is 13.9. The summed E-state index contributed by atoms with van der Waals surface area (Å²) < 4.78 is 5.05. The molecule has 1 heterocycles. The summed E-state index contributed by atoms with van der Waals surface area (Å²) in [7, 11) is 0. The summed E-state index contributed by atoms with van der Waals surface area (Å²) in [6, 6.07) is -0.550. The lowest BCUT2D eigenvalue weighted by Crippen LogP contribution is -2.56.